The van der Waals surface area contributed by atoms with Crippen LogP contribution in [-0.2, 0) is 13.0 Å². The Hall–Kier alpha value is -4.60. The first-order valence-electron chi connectivity index (χ1n) is 9.54. The molecule has 2 aromatic carbocycles. The molecule has 10 nitrogen and oxygen atoms in total. The summed E-state index contributed by atoms with van der Waals surface area (Å²) in [5, 5.41) is 20.3. The van der Waals surface area contributed by atoms with Gasteiger partial charge in [0.2, 0.25) is 0 Å². The van der Waals surface area contributed by atoms with Crippen LogP contribution in [0.1, 0.15) is 16.1 Å². The van der Waals surface area contributed by atoms with Gasteiger partial charge in [-0.1, -0.05) is 6.07 Å². The van der Waals surface area contributed by atoms with E-state index in [4.69, 9.17) is 5.11 Å². The van der Waals surface area contributed by atoms with E-state index in [1.807, 2.05) is 6.07 Å². The van der Waals surface area contributed by atoms with Gasteiger partial charge in [-0.2, -0.15) is 0 Å². The molecule has 0 aliphatic carbocycles. The number of rotatable bonds is 6. The minimum Gasteiger partial charge on any atom is -0.478 e. The van der Waals surface area contributed by atoms with Crippen molar-refractivity contribution in [3.63, 3.8) is 0 Å². The highest BCUT2D eigenvalue weighted by Crippen LogP contribution is 2.18. The fraction of sp³-hybridized carbons (Fsp3) is 0.0909. The van der Waals surface area contributed by atoms with Crippen molar-refractivity contribution < 1.29 is 14.8 Å². The van der Waals surface area contributed by atoms with Gasteiger partial charge in [0.15, 0.2) is 0 Å². The van der Waals surface area contributed by atoms with Crippen LogP contribution in [0, 0.1) is 10.1 Å². The number of nitrogens with zero attached hydrogens (tertiary/aromatic N) is 4. The van der Waals surface area contributed by atoms with Gasteiger partial charge in [0.05, 0.1) is 27.1 Å². The minimum atomic E-state index is -1.15. The molecule has 4 aromatic rings. The van der Waals surface area contributed by atoms with Gasteiger partial charge in [-0.25, -0.2) is 14.2 Å². The number of nitro groups is 1. The lowest BCUT2D eigenvalue weighted by molar-refractivity contribution is -0.384. The summed E-state index contributed by atoms with van der Waals surface area (Å²) in [6, 6.07) is 14.4. The van der Waals surface area contributed by atoms with Crippen LogP contribution in [-0.4, -0.2) is 30.1 Å². The van der Waals surface area contributed by atoms with Crippen LogP contribution < -0.4 is 11.2 Å². The summed E-state index contributed by atoms with van der Waals surface area (Å²) < 4.78 is 2.25. The first-order chi connectivity index (χ1) is 15.4. The molecule has 0 amide bonds. The zero-order valence-corrected chi connectivity index (χ0v) is 16.5. The van der Waals surface area contributed by atoms with Crippen molar-refractivity contribution in [2.45, 2.75) is 13.0 Å². The number of aryl methyl sites for hydroxylation is 2. The molecule has 160 valence electrons. The maximum atomic E-state index is 13.3. The average Bonchev–Trinajstić information content (AvgIpc) is 2.79. The zero-order valence-electron chi connectivity index (χ0n) is 16.5. The van der Waals surface area contributed by atoms with E-state index in [0.717, 1.165) is 16.3 Å². The van der Waals surface area contributed by atoms with Crippen LogP contribution >= 0.6 is 0 Å². The Balaban J connectivity index is 1.94. The maximum absolute atomic E-state index is 13.3. The van der Waals surface area contributed by atoms with Crippen molar-refractivity contribution >= 4 is 22.6 Å². The van der Waals surface area contributed by atoms with E-state index in [2.05, 4.69) is 4.98 Å². The number of carbonyl (C=O) groups is 1. The number of nitro benzene ring substituents is 1. The summed E-state index contributed by atoms with van der Waals surface area (Å²) in [5.74, 6) is -1.15. The van der Waals surface area contributed by atoms with Crippen molar-refractivity contribution in [3.05, 3.63) is 109 Å². The number of hydrogen-bond donors (Lipinski definition) is 1. The lowest BCUT2D eigenvalue weighted by Gasteiger charge is -2.14. The fourth-order valence-corrected chi connectivity index (χ4v) is 3.44. The van der Waals surface area contributed by atoms with E-state index >= 15 is 0 Å². The Morgan fingerprint density at radius 2 is 1.81 bits per heavy atom. The van der Waals surface area contributed by atoms with E-state index in [0.29, 0.717) is 6.42 Å². The van der Waals surface area contributed by atoms with Gasteiger partial charge in [0.25, 0.3) is 11.2 Å². The number of fused-ring (bicyclic) bond motifs is 1. The Bertz CT molecular complexity index is 1460. The lowest BCUT2D eigenvalue weighted by Crippen LogP contribution is -2.39. The van der Waals surface area contributed by atoms with Crippen LogP contribution in [0.4, 0.5) is 5.69 Å². The number of hydrogen-bond acceptors (Lipinski definition) is 6. The Morgan fingerprint density at radius 3 is 2.44 bits per heavy atom. The smallest absolute Gasteiger partial charge is 0.336 e. The van der Waals surface area contributed by atoms with Gasteiger partial charge < -0.3 is 5.11 Å². The number of benzene rings is 2. The molecule has 2 aromatic heterocycles. The topological polar surface area (TPSA) is 137 Å². The normalized spacial score (nSPS) is 10.9. The van der Waals surface area contributed by atoms with Crippen LogP contribution in [0.5, 0.6) is 0 Å². The first-order valence-corrected chi connectivity index (χ1v) is 9.54. The quantitative estimate of drug-likeness (QED) is 0.365. The second-order valence-electron chi connectivity index (χ2n) is 6.96. The van der Waals surface area contributed by atoms with E-state index < -0.39 is 22.1 Å². The third-order valence-electron chi connectivity index (χ3n) is 5.03. The Labute approximate surface area is 179 Å². The highest BCUT2D eigenvalue weighted by molar-refractivity contribution is 5.87. The van der Waals surface area contributed by atoms with E-state index in [1.54, 1.807) is 18.3 Å². The summed E-state index contributed by atoms with van der Waals surface area (Å²) in [6.45, 7) is 0.178. The summed E-state index contributed by atoms with van der Waals surface area (Å²) in [5.41, 5.74) is -0.504. The lowest BCUT2D eigenvalue weighted by atomic mass is 10.2. The largest absolute Gasteiger partial charge is 0.478 e. The molecule has 0 aliphatic rings. The molecule has 32 heavy (non-hydrogen) atoms. The molecule has 0 aliphatic heterocycles. The molecule has 0 saturated heterocycles. The summed E-state index contributed by atoms with van der Waals surface area (Å²) >= 11 is 0. The van der Waals surface area contributed by atoms with Crippen LogP contribution in [0.2, 0.25) is 0 Å². The second kappa shape index (κ2) is 8.26. The average molecular weight is 432 g/mol. The van der Waals surface area contributed by atoms with Crippen LogP contribution in [0.15, 0.2) is 76.4 Å². The second-order valence-corrected chi connectivity index (χ2v) is 6.96. The van der Waals surface area contributed by atoms with Gasteiger partial charge in [0.1, 0.15) is 0 Å². The Morgan fingerprint density at radius 1 is 1.06 bits per heavy atom. The molecule has 0 spiro atoms. The van der Waals surface area contributed by atoms with Crippen LogP contribution in [0.25, 0.3) is 16.6 Å². The molecule has 0 saturated carbocycles. The van der Waals surface area contributed by atoms with Gasteiger partial charge in [-0.15, -0.1) is 0 Å². The standard InChI is InChI=1S/C22H16N4O6/c27-20-18-13-17(26(31)32)8-9-19(18)24(12-10-15-3-1-2-11-23-15)22(30)25(20)16-6-4-14(5-7-16)21(28)29/h1-9,11,13H,10,12H2,(H,28,29). The predicted molar refractivity (Wildman–Crippen MR) is 115 cm³/mol. The number of non-ortho nitro benzene ring substituents is 1. The van der Waals surface area contributed by atoms with Crippen molar-refractivity contribution in [2.75, 3.05) is 0 Å². The van der Waals surface area contributed by atoms with Crippen molar-refractivity contribution in [1.82, 2.24) is 14.1 Å². The van der Waals surface area contributed by atoms with Gasteiger partial charge in [0, 0.05) is 37.0 Å². The SMILES string of the molecule is O=C(O)c1ccc(-n2c(=O)c3cc([N+](=O)[O-])ccc3n(CCc3ccccn3)c2=O)cc1. The number of carboxylic acids is 1. The molecular weight excluding hydrogens is 416 g/mol. The van der Waals surface area contributed by atoms with Gasteiger partial charge in [-0.3, -0.25) is 24.5 Å². The molecule has 1 N–H and O–H groups in total. The van der Waals surface area contributed by atoms with Gasteiger partial charge in [-0.05, 0) is 42.5 Å². The van der Waals surface area contributed by atoms with Crippen LogP contribution in [0.3, 0.4) is 0 Å². The highest BCUT2D eigenvalue weighted by atomic mass is 16.6. The molecule has 0 atom stereocenters. The molecular formula is C22H16N4O6. The molecule has 0 radical (unpaired) electrons. The molecule has 0 bridgehead atoms. The third kappa shape index (κ3) is 3.76. The number of pyridine rings is 1. The third-order valence-corrected chi connectivity index (χ3v) is 5.03. The molecule has 0 fully saturated rings. The maximum Gasteiger partial charge on any atom is 0.336 e. The number of aromatic nitrogens is 3. The van der Waals surface area contributed by atoms with E-state index in [1.165, 1.54) is 41.0 Å². The Kier molecular flexibility index (Phi) is 5.34. The molecule has 10 heteroatoms. The van der Waals surface area contributed by atoms with E-state index in [9.17, 15) is 24.5 Å². The summed E-state index contributed by atoms with van der Waals surface area (Å²) in [6.07, 6.45) is 2.02. The molecule has 4 rings (SSSR count). The van der Waals surface area contributed by atoms with E-state index in [-0.39, 0.29) is 34.4 Å². The van der Waals surface area contributed by atoms with Crippen molar-refractivity contribution in [3.8, 4) is 5.69 Å². The van der Waals surface area contributed by atoms with Crippen molar-refractivity contribution in [2.24, 2.45) is 0 Å². The number of aromatic carboxylic acids is 1. The first kappa shape index (κ1) is 20.7. The minimum absolute atomic E-state index is 0.00197. The molecule has 0 unspecified atom stereocenters. The van der Waals surface area contributed by atoms with Crippen molar-refractivity contribution in [1.29, 1.82) is 0 Å². The van der Waals surface area contributed by atoms with Gasteiger partial charge >= 0.3 is 11.7 Å². The zero-order chi connectivity index (χ0) is 22.8. The molecule has 2 heterocycles. The fourth-order valence-electron chi connectivity index (χ4n) is 3.44. The number of carboxylic acid groups (broad SMARTS) is 1. The monoisotopic (exact) mass is 432 g/mol. The predicted octanol–water partition coefficient (Wildman–Crippen LogP) is 2.40. The summed E-state index contributed by atoms with van der Waals surface area (Å²) in [7, 11) is 0. The highest BCUT2D eigenvalue weighted by Gasteiger charge is 2.18. The summed E-state index contributed by atoms with van der Waals surface area (Å²) in [4.78, 5) is 52.5.